The minimum absolute atomic E-state index is 0.241. The van der Waals surface area contributed by atoms with E-state index in [1.165, 1.54) is 12.8 Å². The molecular formula is C15H20N2O2. The average Bonchev–Trinajstić information content (AvgIpc) is 3.19. The molecule has 19 heavy (non-hydrogen) atoms. The van der Waals surface area contributed by atoms with Gasteiger partial charge in [0.05, 0.1) is 20.3 Å². The number of ether oxygens (including phenoxy) is 2. The Labute approximate surface area is 114 Å². The van der Waals surface area contributed by atoms with Crippen molar-refractivity contribution < 1.29 is 9.47 Å². The smallest absolute Gasteiger partial charge is 0.161 e. The summed E-state index contributed by atoms with van der Waals surface area (Å²) in [5.41, 5.74) is 1.40. The number of nitriles is 1. The van der Waals surface area contributed by atoms with E-state index in [-0.39, 0.29) is 5.41 Å². The summed E-state index contributed by atoms with van der Waals surface area (Å²) < 4.78 is 10.5. The first-order valence-corrected chi connectivity index (χ1v) is 6.51. The van der Waals surface area contributed by atoms with Crippen LogP contribution in [-0.4, -0.2) is 20.8 Å². The van der Waals surface area contributed by atoms with Crippen molar-refractivity contribution in [3.8, 4) is 17.6 Å². The Morgan fingerprint density at radius 3 is 2.58 bits per heavy atom. The predicted molar refractivity (Wildman–Crippen MR) is 73.1 cm³/mol. The molecular weight excluding hydrogens is 240 g/mol. The van der Waals surface area contributed by atoms with Crippen LogP contribution in [0.3, 0.4) is 0 Å². The topological polar surface area (TPSA) is 54.3 Å². The van der Waals surface area contributed by atoms with Crippen LogP contribution >= 0.6 is 0 Å². The highest BCUT2D eigenvalue weighted by atomic mass is 16.5. The predicted octanol–water partition coefficient (Wildman–Crippen LogP) is 2.49. The van der Waals surface area contributed by atoms with E-state index in [1.807, 2.05) is 18.2 Å². The van der Waals surface area contributed by atoms with E-state index in [4.69, 9.17) is 14.7 Å². The Morgan fingerprint density at radius 2 is 2.00 bits per heavy atom. The Bertz CT molecular complexity index is 476. The van der Waals surface area contributed by atoms with Crippen molar-refractivity contribution in [2.24, 2.45) is 5.41 Å². The highest BCUT2D eigenvalue weighted by Crippen LogP contribution is 2.47. The summed E-state index contributed by atoms with van der Waals surface area (Å²) in [5.74, 6) is 1.49. The van der Waals surface area contributed by atoms with Gasteiger partial charge in [-0.3, -0.25) is 0 Å². The largest absolute Gasteiger partial charge is 0.493 e. The van der Waals surface area contributed by atoms with Gasteiger partial charge in [-0.1, -0.05) is 6.07 Å². The molecule has 0 unspecified atom stereocenters. The zero-order chi connectivity index (χ0) is 13.7. The number of benzene rings is 1. The van der Waals surface area contributed by atoms with Crippen LogP contribution in [0, 0.1) is 16.7 Å². The van der Waals surface area contributed by atoms with Gasteiger partial charge >= 0.3 is 0 Å². The second-order valence-corrected chi connectivity index (χ2v) is 5.13. The first kappa shape index (κ1) is 13.7. The number of rotatable bonds is 7. The van der Waals surface area contributed by atoms with E-state index in [2.05, 4.69) is 11.4 Å². The minimum Gasteiger partial charge on any atom is -0.493 e. The molecule has 0 saturated heterocycles. The van der Waals surface area contributed by atoms with Crippen molar-refractivity contribution in [1.82, 2.24) is 5.32 Å². The highest BCUT2D eigenvalue weighted by Gasteiger charge is 2.41. The number of nitrogens with one attached hydrogen (secondary N) is 1. The van der Waals surface area contributed by atoms with Crippen LogP contribution in [0.1, 0.15) is 24.8 Å². The molecule has 1 aliphatic rings. The van der Waals surface area contributed by atoms with E-state index in [1.54, 1.807) is 14.2 Å². The summed E-state index contributed by atoms with van der Waals surface area (Å²) in [6.07, 6.45) is 2.99. The molecule has 0 spiro atoms. The molecule has 1 aromatic carbocycles. The summed E-state index contributed by atoms with van der Waals surface area (Å²) >= 11 is 0. The standard InChI is InChI=1S/C15H20N2O2/c1-18-13-4-3-12(9-14(13)19-2)10-17-11-15(5-6-15)7-8-16/h3-4,9,17H,5-7,10-11H2,1-2H3. The number of hydrogen-bond acceptors (Lipinski definition) is 4. The monoisotopic (exact) mass is 260 g/mol. The van der Waals surface area contributed by atoms with Crippen LogP contribution in [0.5, 0.6) is 11.5 Å². The molecule has 1 aliphatic carbocycles. The van der Waals surface area contributed by atoms with Crippen LogP contribution in [-0.2, 0) is 6.54 Å². The van der Waals surface area contributed by atoms with Gasteiger partial charge in [-0.2, -0.15) is 5.26 Å². The molecule has 0 amide bonds. The zero-order valence-electron chi connectivity index (χ0n) is 11.5. The molecule has 4 nitrogen and oxygen atoms in total. The van der Waals surface area contributed by atoms with Gasteiger partial charge < -0.3 is 14.8 Å². The SMILES string of the molecule is COc1ccc(CNCC2(CC#N)CC2)cc1OC. The molecule has 1 aromatic rings. The molecule has 1 fully saturated rings. The number of hydrogen-bond donors (Lipinski definition) is 1. The molecule has 2 rings (SSSR count). The Kier molecular flexibility index (Phi) is 4.28. The van der Waals surface area contributed by atoms with E-state index >= 15 is 0 Å². The van der Waals surface area contributed by atoms with Crippen molar-refractivity contribution in [2.75, 3.05) is 20.8 Å². The second kappa shape index (κ2) is 5.94. The number of methoxy groups -OCH3 is 2. The fraction of sp³-hybridized carbons (Fsp3) is 0.533. The minimum atomic E-state index is 0.241. The summed E-state index contributed by atoms with van der Waals surface area (Å²) in [6, 6.07) is 8.20. The van der Waals surface area contributed by atoms with Crippen molar-refractivity contribution in [1.29, 1.82) is 5.26 Å². The van der Waals surface area contributed by atoms with Gasteiger partial charge in [0.15, 0.2) is 11.5 Å². The van der Waals surface area contributed by atoms with E-state index in [0.717, 1.165) is 30.2 Å². The lowest BCUT2D eigenvalue weighted by atomic mass is 10.0. The van der Waals surface area contributed by atoms with Gasteiger partial charge in [-0.15, -0.1) is 0 Å². The summed E-state index contributed by atoms with van der Waals surface area (Å²) in [5, 5.41) is 12.2. The van der Waals surface area contributed by atoms with Crippen molar-refractivity contribution in [3.05, 3.63) is 23.8 Å². The molecule has 1 saturated carbocycles. The third-order valence-electron chi connectivity index (χ3n) is 3.69. The summed E-state index contributed by atoms with van der Waals surface area (Å²) in [6.45, 7) is 1.70. The summed E-state index contributed by atoms with van der Waals surface area (Å²) in [4.78, 5) is 0. The Morgan fingerprint density at radius 1 is 1.26 bits per heavy atom. The van der Waals surface area contributed by atoms with Gasteiger partial charge in [0.25, 0.3) is 0 Å². The molecule has 0 atom stereocenters. The van der Waals surface area contributed by atoms with E-state index in [9.17, 15) is 0 Å². The van der Waals surface area contributed by atoms with Crippen LogP contribution in [0.25, 0.3) is 0 Å². The number of nitrogens with zero attached hydrogens (tertiary/aromatic N) is 1. The van der Waals surface area contributed by atoms with Crippen molar-refractivity contribution >= 4 is 0 Å². The van der Waals surface area contributed by atoms with Crippen LogP contribution in [0.15, 0.2) is 18.2 Å². The van der Waals surface area contributed by atoms with Gasteiger partial charge in [0.1, 0.15) is 0 Å². The maximum atomic E-state index is 8.78. The van der Waals surface area contributed by atoms with Gasteiger partial charge in [-0.05, 0) is 36.0 Å². The van der Waals surface area contributed by atoms with E-state index < -0.39 is 0 Å². The molecule has 0 bridgehead atoms. The van der Waals surface area contributed by atoms with Crippen molar-refractivity contribution in [3.63, 3.8) is 0 Å². The zero-order valence-corrected chi connectivity index (χ0v) is 11.5. The fourth-order valence-corrected chi connectivity index (χ4v) is 2.22. The highest BCUT2D eigenvalue weighted by molar-refractivity contribution is 5.42. The molecule has 1 N–H and O–H groups in total. The van der Waals surface area contributed by atoms with Gasteiger partial charge in [-0.25, -0.2) is 0 Å². The quantitative estimate of drug-likeness (QED) is 0.818. The second-order valence-electron chi connectivity index (χ2n) is 5.13. The lowest BCUT2D eigenvalue weighted by molar-refractivity contribution is 0.354. The maximum absolute atomic E-state index is 8.78. The average molecular weight is 260 g/mol. The van der Waals surface area contributed by atoms with Gasteiger partial charge in [0.2, 0.25) is 0 Å². The normalized spacial score (nSPS) is 15.6. The third-order valence-corrected chi connectivity index (χ3v) is 3.69. The van der Waals surface area contributed by atoms with Crippen LogP contribution in [0.2, 0.25) is 0 Å². The lowest BCUT2D eigenvalue weighted by Crippen LogP contribution is -2.23. The lowest BCUT2D eigenvalue weighted by Gasteiger charge is -2.13. The van der Waals surface area contributed by atoms with Crippen LogP contribution < -0.4 is 14.8 Å². The molecule has 102 valence electrons. The Hall–Kier alpha value is -1.73. The van der Waals surface area contributed by atoms with E-state index in [0.29, 0.717) is 6.42 Å². The molecule has 0 aromatic heterocycles. The maximum Gasteiger partial charge on any atom is 0.161 e. The van der Waals surface area contributed by atoms with Gasteiger partial charge in [0, 0.05) is 19.5 Å². The van der Waals surface area contributed by atoms with Crippen molar-refractivity contribution in [2.45, 2.75) is 25.8 Å². The fourth-order valence-electron chi connectivity index (χ4n) is 2.22. The first-order valence-electron chi connectivity index (χ1n) is 6.51. The first-order chi connectivity index (χ1) is 9.23. The van der Waals surface area contributed by atoms with Crippen LogP contribution in [0.4, 0.5) is 0 Å². The third kappa shape index (κ3) is 3.39. The molecule has 0 heterocycles. The molecule has 0 aliphatic heterocycles. The summed E-state index contributed by atoms with van der Waals surface area (Å²) in [7, 11) is 3.27. The molecule has 4 heteroatoms. The molecule has 0 radical (unpaired) electrons. The Balaban J connectivity index is 1.88.